The Hall–Kier alpha value is -0.990. The fraction of sp³-hybridized carbons (Fsp3) is 0.833. The molecule has 0 amide bonds. The van der Waals surface area contributed by atoms with Gasteiger partial charge in [-0.1, -0.05) is 24.0 Å². The molecule has 0 saturated heterocycles. The van der Waals surface area contributed by atoms with E-state index in [9.17, 15) is 4.79 Å². The van der Waals surface area contributed by atoms with E-state index in [0.29, 0.717) is 5.92 Å². The van der Waals surface area contributed by atoms with E-state index < -0.39 is 6.16 Å². The van der Waals surface area contributed by atoms with Crippen LogP contribution in [0.5, 0.6) is 0 Å². The largest absolute Gasteiger partial charge is 0.506 e. The molecular weight excluding hydrogens is 264 g/mol. The molecule has 1 N–H and O–H groups in total. The predicted octanol–water partition coefficient (Wildman–Crippen LogP) is 4.77. The van der Waals surface area contributed by atoms with E-state index >= 15 is 0 Å². The second-order valence-electron chi connectivity index (χ2n) is 7.60. The van der Waals surface area contributed by atoms with Gasteiger partial charge in [0.05, 0.1) is 0 Å². The molecule has 3 saturated carbocycles. The van der Waals surface area contributed by atoms with Crippen LogP contribution < -0.4 is 0 Å². The molecule has 0 bridgehead atoms. The Kier molecular flexibility index (Phi) is 3.47. The number of hydrogen-bond donors (Lipinski definition) is 1. The zero-order valence-corrected chi connectivity index (χ0v) is 12.7. The van der Waals surface area contributed by atoms with Crippen LogP contribution in [0.4, 0.5) is 4.79 Å². The second kappa shape index (κ2) is 5.33. The highest BCUT2D eigenvalue weighted by atomic mass is 16.7. The molecule has 116 valence electrons. The van der Waals surface area contributed by atoms with Gasteiger partial charge in [0.25, 0.3) is 0 Å². The number of allylic oxidation sites excluding steroid dienone is 2. The quantitative estimate of drug-likeness (QED) is 0.559. The van der Waals surface area contributed by atoms with Crippen LogP contribution in [0.25, 0.3) is 0 Å². The van der Waals surface area contributed by atoms with E-state index in [-0.39, 0.29) is 6.10 Å². The highest BCUT2D eigenvalue weighted by Crippen LogP contribution is 2.55. The lowest BCUT2D eigenvalue weighted by Gasteiger charge is -2.45. The molecule has 0 spiro atoms. The van der Waals surface area contributed by atoms with Crippen molar-refractivity contribution in [3.8, 4) is 0 Å². The average Bonchev–Trinajstić information content (AvgIpc) is 2.94. The van der Waals surface area contributed by atoms with Crippen LogP contribution in [-0.4, -0.2) is 17.4 Å². The van der Waals surface area contributed by atoms with Crippen LogP contribution >= 0.6 is 0 Å². The van der Waals surface area contributed by atoms with Crippen LogP contribution in [-0.2, 0) is 4.74 Å². The Morgan fingerprint density at radius 3 is 2.71 bits per heavy atom. The summed E-state index contributed by atoms with van der Waals surface area (Å²) in [5.74, 6) is 3.50. The van der Waals surface area contributed by atoms with Gasteiger partial charge in [-0.15, -0.1) is 0 Å². The zero-order valence-electron chi connectivity index (χ0n) is 12.7. The van der Waals surface area contributed by atoms with Gasteiger partial charge in [-0.25, -0.2) is 4.79 Å². The number of fused-ring (bicyclic) bond motifs is 4. The van der Waals surface area contributed by atoms with E-state index in [2.05, 4.69) is 0 Å². The molecule has 3 nitrogen and oxygen atoms in total. The van der Waals surface area contributed by atoms with Gasteiger partial charge in [0.2, 0.25) is 0 Å². The summed E-state index contributed by atoms with van der Waals surface area (Å²) in [6.07, 6.45) is 11.5. The van der Waals surface area contributed by atoms with E-state index in [0.717, 1.165) is 37.0 Å². The van der Waals surface area contributed by atoms with Crippen LogP contribution in [0.2, 0.25) is 0 Å². The van der Waals surface area contributed by atoms with Crippen molar-refractivity contribution in [1.82, 2.24) is 0 Å². The average molecular weight is 290 g/mol. The molecule has 21 heavy (non-hydrogen) atoms. The molecule has 3 fully saturated rings. The molecule has 0 aromatic rings. The van der Waals surface area contributed by atoms with Crippen molar-refractivity contribution in [3.05, 3.63) is 11.1 Å². The van der Waals surface area contributed by atoms with Crippen molar-refractivity contribution >= 4 is 6.16 Å². The number of carbonyl (C=O) groups is 1. The highest BCUT2D eigenvalue weighted by Gasteiger charge is 2.43. The lowest BCUT2D eigenvalue weighted by atomic mass is 9.61. The third kappa shape index (κ3) is 2.39. The third-order valence-corrected chi connectivity index (χ3v) is 6.75. The first-order chi connectivity index (χ1) is 10.2. The molecule has 4 aliphatic rings. The van der Waals surface area contributed by atoms with Crippen molar-refractivity contribution in [3.63, 3.8) is 0 Å². The molecule has 0 radical (unpaired) electrons. The van der Waals surface area contributed by atoms with Crippen molar-refractivity contribution in [2.45, 2.75) is 70.3 Å². The zero-order chi connectivity index (χ0) is 14.4. The fourth-order valence-corrected chi connectivity index (χ4v) is 5.97. The Balaban J connectivity index is 1.53. The standard InChI is InChI=1S/C18H26O3/c19-18(20)21-13-6-9-15-12(10-13)5-8-16-14-3-1-2-11(14)4-7-17(15)16/h11-14,16H,1-10H2,(H,19,20). The first kappa shape index (κ1) is 13.7. The summed E-state index contributed by atoms with van der Waals surface area (Å²) >= 11 is 0. The Morgan fingerprint density at radius 2 is 1.86 bits per heavy atom. The maximum absolute atomic E-state index is 10.7. The number of rotatable bonds is 1. The molecule has 5 atom stereocenters. The minimum absolute atomic E-state index is 0.0591. The van der Waals surface area contributed by atoms with Gasteiger partial charge in [0.1, 0.15) is 6.10 Å². The summed E-state index contributed by atoms with van der Waals surface area (Å²) in [5, 5.41) is 8.82. The summed E-state index contributed by atoms with van der Waals surface area (Å²) in [6.45, 7) is 0. The number of ether oxygens (including phenoxy) is 1. The van der Waals surface area contributed by atoms with Gasteiger partial charge in [-0.05, 0) is 75.0 Å². The smallest absolute Gasteiger partial charge is 0.450 e. The fourth-order valence-electron chi connectivity index (χ4n) is 5.97. The van der Waals surface area contributed by atoms with E-state index in [4.69, 9.17) is 9.84 Å². The monoisotopic (exact) mass is 290 g/mol. The van der Waals surface area contributed by atoms with Gasteiger partial charge in [-0.2, -0.15) is 0 Å². The van der Waals surface area contributed by atoms with Crippen molar-refractivity contribution in [1.29, 1.82) is 0 Å². The topological polar surface area (TPSA) is 46.5 Å². The molecule has 4 rings (SSSR count). The molecule has 4 aliphatic carbocycles. The van der Waals surface area contributed by atoms with Crippen molar-refractivity contribution in [2.75, 3.05) is 0 Å². The molecule has 0 aliphatic heterocycles. The SMILES string of the molecule is O=C(O)OC1CCC2=C3CCC4CCCC4C3CCC2C1. The van der Waals surface area contributed by atoms with Gasteiger partial charge in [-0.3, -0.25) is 0 Å². The molecule has 0 aromatic heterocycles. The summed E-state index contributed by atoms with van der Waals surface area (Å²) < 4.78 is 5.04. The predicted molar refractivity (Wildman–Crippen MR) is 80.1 cm³/mol. The second-order valence-corrected chi connectivity index (χ2v) is 7.60. The third-order valence-electron chi connectivity index (χ3n) is 6.75. The summed E-state index contributed by atoms with van der Waals surface area (Å²) in [6, 6.07) is 0. The first-order valence-electron chi connectivity index (χ1n) is 8.83. The minimum Gasteiger partial charge on any atom is -0.450 e. The van der Waals surface area contributed by atoms with Crippen LogP contribution in [0.3, 0.4) is 0 Å². The number of hydrogen-bond acceptors (Lipinski definition) is 2. The minimum atomic E-state index is -1.10. The molecule has 3 heteroatoms. The molecular formula is C18H26O3. The molecule has 0 heterocycles. The van der Waals surface area contributed by atoms with Crippen LogP contribution in [0.15, 0.2) is 11.1 Å². The summed E-state index contributed by atoms with van der Waals surface area (Å²) in [7, 11) is 0. The van der Waals surface area contributed by atoms with Gasteiger partial charge < -0.3 is 9.84 Å². The maximum atomic E-state index is 10.7. The highest BCUT2D eigenvalue weighted by molar-refractivity contribution is 5.57. The van der Waals surface area contributed by atoms with E-state index in [1.54, 1.807) is 5.57 Å². The summed E-state index contributed by atoms with van der Waals surface area (Å²) in [5.41, 5.74) is 3.53. The summed E-state index contributed by atoms with van der Waals surface area (Å²) in [4.78, 5) is 10.7. The molecule has 0 aromatic carbocycles. The first-order valence-corrected chi connectivity index (χ1v) is 8.83. The lowest BCUT2D eigenvalue weighted by Crippen LogP contribution is -2.35. The Labute approximate surface area is 126 Å². The maximum Gasteiger partial charge on any atom is 0.506 e. The van der Waals surface area contributed by atoms with E-state index in [1.807, 2.05) is 5.57 Å². The van der Waals surface area contributed by atoms with Crippen LogP contribution in [0.1, 0.15) is 64.2 Å². The normalized spacial score (nSPS) is 42.0. The lowest BCUT2D eigenvalue weighted by molar-refractivity contribution is 0.0289. The van der Waals surface area contributed by atoms with Gasteiger partial charge >= 0.3 is 6.16 Å². The van der Waals surface area contributed by atoms with Crippen molar-refractivity contribution in [2.24, 2.45) is 23.7 Å². The van der Waals surface area contributed by atoms with E-state index in [1.165, 1.54) is 44.9 Å². The molecule has 5 unspecified atom stereocenters. The van der Waals surface area contributed by atoms with Gasteiger partial charge in [0, 0.05) is 0 Å². The van der Waals surface area contributed by atoms with Gasteiger partial charge in [0.15, 0.2) is 0 Å². The van der Waals surface area contributed by atoms with Crippen molar-refractivity contribution < 1.29 is 14.6 Å². The Morgan fingerprint density at radius 1 is 1.00 bits per heavy atom. The number of carboxylic acid groups (broad SMARTS) is 1. The Bertz CT molecular complexity index is 467. The van der Waals surface area contributed by atoms with Crippen LogP contribution in [0, 0.1) is 23.7 Å².